The zero-order chi connectivity index (χ0) is 23.3. The van der Waals surface area contributed by atoms with Gasteiger partial charge in [-0.05, 0) is 61.9 Å². The topological polar surface area (TPSA) is 104 Å². The van der Waals surface area contributed by atoms with E-state index < -0.39 is 0 Å². The summed E-state index contributed by atoms with van der Waals surface area (Å²) >= 11 is 0. The van der Waals surface area contributed by atoms with E-state index in [1.54, 1.807) is 7.11 Å². The molecular weight excluding hydrogens is 432 g/mol. The van der Waals surface area contributed by atoms with Gasteiger partial charge in [0, 0.05) is 32.2 Å². The van der Waals surface area contributed by atoms with Gasteiger partial charge in [0.2, 0.25) is 11.9 Å². The molecule has 0 bridgehead atoms. The number of hydrogen-bond acceptors (Lipinski definition) is 9. The molecule has 3 heterocycles. The highest BCUT2D eigenvalue weighted by Gasteiger charge is 2.20. The van der Waals surface area contributed by atoms with Gasteiger partial charge in [-0.2, -0.15) is 20.1 Å². The Labute approximate surface area is 198 Å². The van der Waals surface area contributed by atoms with Crippen molar-refractivity contribution in [2.24, 2.45) is 0 Å². The van der Waals surface area contributed by atoms with E-state index >= 15 is 0 Å². The molecule has 0 amide bonds. The third-order valence-corrected chi connectivity index (χ3v) is 5.78. The Morgan fingerprint density at radius 1 is 1.00 bits per heavy atom. The summed E-state index contributed by atoms with van der Waals surface area (Å²) in [5.74, 6) is 3.12. The second-order valence-corrected chi connectivity index (χ2v) is 8.24. The lowest BCUT2D eigenvalue weighted by atomic mass is 10.1. The molecule has 5 rings (SSSR count). The molecule has 176 valence electrons. The molecule has 2 aliphatic rings. The van der Waals surface area contributed by atoms with Gasteiger partial charge in [0.15, 0.2) is 5.82 Å². The lowest BCUT2D eigenvalue weighted by Crippen LogP contribution is -2.45. The van der Waals surface area contributed by atoms with Crippen LogP contribution in [0.5, 0.6) is 11.8 Å². The maximum absolute atomic E-state index is 5.98. The van der Waals surface area contributed by atoms with Crippen LogP contribution in [0.15, 0.2) is 54.3 Å². The number of aromatic nitrogens is 5. The second-order valence-electron chi connectivity index (χ2n) is 8.24. The Balaban J connectivity index is 1.39. The SMILES string of the molecule is COc1ccc(-c2cc(Nc3nc(OC4=CCCC=C4)nc(N4CCN(C)CC4)n3)n[nH]2)cc1. The van der Waals surface area contributed by atoms with Gasteiger partial charge in [-0.1, -0.05) is 6.08 Å². The van der Waals surface area contributed by atoms with Crippen LogP contribution in [-0.2, 0) is 0 Å². The molecule has 10 heteroatoms. The first-order chi connectivity index (χ1) is 16.7. The molecule has 1 aliphatic carbocycles. The van der Waals surface area contributed by atoms with Crippen LogP contribution in [0, 0.1) is 0 Å². The Kier molecular flexibility index (Phi) is 6.39. The number of piperazine rings is 1. The molecule has 1 fully saturated rings. The summed E-state index contributed by atoms with van der Waals surface area (Å²) in [6.45, 7) is 3.57. The number of benzene rings is 1. The normalized spacial score (nSPS) is 16.3. The number of methoxy groups -OCH3 is 1. The minimum Gasteiger partial charge on any atom is -0.497 e. The molecule has 3 aromatic rings. The van der Waals surface area contributed by atoms with Crippen LogP contribution in [-0.4, -0.2) is 70.4 Å². The first-order valence-corrected chi connectivity index (χ1v) is 11.4. The van der Waals surface area contributed by atoms with Crippen molar-refractivity contribution in [1.29, 1.82) is 0 Å². The summed E-state index contributed by atoms with van der Waals surface area (Å²) in [7, 11) is 3.77. The van der Waals surface area contributed by atoms with Gasteiger partial charge in [0.05, 0.1) is 12.8 Å². The van der Waals surface area contributed by atoms with Crippen molar-refractivity contribution in [2.45, 2.75) is 12.8 Å². The smallest absolute Gasteiger partial charge is 0.328 e. The molecular formula is C24H28N8O2. The van der Waals surface area contributed by atoms with Crippen molar-refractivity contribution in [3.05, 3.63) is 54.3 Å². The number of hydrogen-bond donors (Lipinski definition) is 2. The van der Waals surface area contributed by atoms with Gasteiger partial charge in [-0.3, -0.25) is 5.10 Å². The van der Waals surface area contributed by atoms with E-state index in [-0.39, 0.29) is 6.01 Å². The number of aromatic amines is 1. The number of rotatable bonds is 7. The van der Waals surface area contributed by atoms with Gasteiger partial charge < -0.3 is 24.6 Å². The summed E-state index contributed by atoms with van der Waals surface area (Å²) < 4.78 is 11.2. The first kappa shape index (κ1) is 21.9. The van der Waals surface area contributed by atoms with Gasteiger partial charge in [0.25, 0.3) is 0 Å². The largest absolute Gasteiger partial charge is 0.497 e. The number of likely N-dealkylation sites (N-methyl/N-ethyl adjacent to an activating group) is 1. The highest BCUT2D eigenvalue weighted by atomic mass is 16.5. The van der Waals surface area contributed by atoms with E-state index in [1.807, 2.05) is 42.5 Å². The summed E-state index contributed by atoms with van der Waals surface area (Å²) in [5, 5.41) is 10.6. The molecule has 0 atom stereocenters. The number of ether oxygens (including phenoxy) is 2. The lowest BCUT2D eigenvalue weighted by molar-refractivity contribution is 0.310. The van der Waals surface area contributed by atoms with Crippen molar-refractivity contribution in [3.63, 3.8) is 0 Å². The summed E-state index contributed by atoms with van der Waals surface area (Å²) in [5.41, 5.74) is 1.86. The zero-order valence-corrected chi connectivity index (χ0v) is 19.4. The number of nitrogens with zero attached hydrogens (tertiary/aromatic N) is 6. The average molecular weight is 461 g/mol. The van der Waals surface area contributed by atoms with Gasteiger partial charge in [0.1, 0.15) is 11.5 Å². The molecule has 1 saturated heterocycles. The predicted molar refractivity (Wildman–Crippen MR) is 130 cm³/mol. The standard InChI is InChI=1S/C24H28N8O2/c1-31-12-14-32(15-13-31)23-26-22(27-24(28-23)34-19-6-4-3-5-7-19)25-21-16-20(29-30-21)17-8-10-18(33-2)11-9-17/h4,6-11,16H,3,5,12-15H2,1-2H3,(H2,25,26,27,28,29,30). The highest BCUT2D eigenvalue weighted by Crippen LogP contribution is 2.25. The molecule has 0 spiro atoms. The summed E-state index contributed by atoms with van der Waals surface area (Å²) in [4.78, 5) is 18.2. The first-order valence-electron chi connectivity index (χ1n) is 11.4. The third kappa shape index (κ3) is 5.18. The number of H-pyrrole nitrogens is 1. The molecule has 34 heavy (non-hydrogen) atoms. The Morgan fingerprint density at radius 2 is 1.82 bits per heavy atom. The van der Waals surface area contributed by atoms with E-state index in [0.717, 1.165) is 61.8 Å². The van der Waals surface area contributed by atoms with Crippen LogP contribution in [0.3, 0.4) is 0 Å². The fourth-order valence-electron chi connectivity index (χ4n) is 3.78. The fraction of sp³-hybridized carbons (Fsp3) is 0.333. The fourth-order valence-corrected chi connectivity index (χ4v) is 3.78. The van der Waals surface area contributed by atoms with Crippen molar-refractivity contribution in [3.8, 4) is 23.0 Å². The van der Waals surface area contributed by atoms with Crippen molar-refractivity contribution in [1.82, 2.24) is 30.0 Å². The van der Waals surface area contributed by atoms with Crippen LogP contribution in [0.2, 0.25) is 0 Å². The van der Waals surface area contributed by atoms with Gasteiger partial charge in [-0.25, -0.2) is 0 Å². The van der Waals surface area contributed by atoms with Gasteiger partial charge >= 0.3 is 6.01 Å². The Bertz CT molecular complexity index is 1180. The lowest BCUT2D eigenvalue weighted by Gasteiger charge is -2.32. The molecule has 2 aromatic heterocycles. The molecule has 0 unspecified atom stereocenters. The average Bonchev–Trinajstić information content (AvgIpc) is 3.33. The molecule has 1 aliphatic heterocycles. The summed E-state index contributed by atoms with van der Waals surface area (Å²) in [6, 6.07) is 9.94. The minimum absolute atomic E-state index is 0.259. The van der Waals surface area contributed by atoms with Crippen LogP contribution in [0.25, 0.3) is 11.3 Å². The third-order valence-electron chi connectivity index (χ3n) is 5.78. The van der Waals surface area contributed by atoms with E-state index in [9.17, 15) is 0 Å². The molecule has 1 aromatic carbocycles. The number of allylic oxidation sites excluding steroid dienone is 3. The molecule has 10 nitrogen and oxygen atoms in total. The molecule has 2 N–H and O–H groups in total. The van der Waals surface area contributed by atoms with E-state index in [0.29, 0.717) is 17.7 Å². The van der Waals surface area contributed by atoms with Crippen LogP contribution < -0.4 is 19.7 Å². The van der Waals surface area contributed by atoms with Crippen molar-refractivity contribution >= 4 is 17.7 Å². The maximum Gasteiger partial charge on any atom is 0.328 e. The van der Waals surface area contributed by atoms with E-state index in [2.05, 4.69) is 53.4 Å². The zero-order valence-electron chi connectivity index (χ0n) is 19.4. The van der Waals surface area contributed by atoms with E-state index in [1.165, 1.54) is 0 Å². The highest BCUT2D eigenvalue weighted by molar-refractivity contribution is 5.65. The predicted octanol–water partition coefficient (Wildman–Crippen LogP) is 3.38. The van der Waals surface area contributed by atoms with Crippen LogP contribution in [0.1, 0.15) is 12.8 Å². The Hall–Kier alpha value is -3.92. The number of nitrogens with one attached hydrogen (secondary N) is 2. The Morgan fingerprint density at radius 3 is 2.56 bits per heavy atom. The van der Waals surface area contributed by atoms with Crippen LogP contribution in [0.4, 0.5) is 17.7 Å². The molecule has 0 radical (unpaired) electrons. The van der Waals surface area contributed by atoms with Gasteiger partial charge in [-0.15, -0.1) is 0 Å². The maximum atomic E-state index is 5.98. The van der Waals surface area contributed by atoms with Crippen LogP contribution >= 0.6 is 0 Å². The van der Waals surface area contributed by atoms with Crippen molar-refractivity contribution < 1.29 is 9.47 Å². The minimum atomic E-state index is 0.259. The monoisotopic (exact) mass is 460 g/mol. The van der Waals surface area contributed by atoms with Crippen molar-refractivity contribution in [2.75, 3.05) is 50.6 Å². The molecule has 0 saturated carbocycles. The second kappa shape index (κ2) is 9.92. The number of anilines is 3. The quantitative estimate of drug-likeness (QED) is 0.549. The van der Waals surface area contributed by atoms with E-state index in [4.69, 9.17) is 9.47 Å². The summed E-state index contributed by atoms with van der Waals surface area (Å²) in [6.07, 6.45) is 8.03.